The van der Waals surface area contributed by atoms with Crippen molar-refractivity contribution in [3.8, 4) is 0 Å². The molecular weight excluding hydrogens is 230 g/mol. The Morgan fingerprint density at radius 3 is 2.56 bits per heavy atom. The Morgan fingerprint density at radius 1 is 1.39 bits per heavy atom. The lowest BCUT2D eigenvalue weighted by Gasteiger charge is -2.11. The van der Waals surface area contributed by atoms with Crippen LogP contribution in [0.3, 0.4) is 0 Å². The van der Waals surface area contributed by atoms with E-state index in [1.807, 2.05) is 13.8 Å². The summed E-state index contributed by atoms with van der Waals surface area (Å²) in [5.74, 6) is -0.366. The van der Waals surface area contributed by atoms with Gasteiger partial charge in [0.05, 0.1) is 6.04 Å². The van der Waals surface area contributed by atoms with Crippen LogP contribution in [0.4, 0.5) is 5.69 Å². The summed E-state index contributed by atoms with van der Waals surface area (Å²) in [5.41, 5.74) is 7.55. The van der Waals surface area contributed by atoms with Crippen LogP contribution in [0.25, 0.3) is 0 Å². The molecule has 0 aliphatic rings. The molecule has 0 saturated heterocycles. The Labute approximate surface area is 107 Å². The molecule has 0 saturated carbocycles. The van der Waals surface area contributed by atoms with Gasteiger partial charge in [-0.1, -0.05) is 0 Å². The molecule has 4 N–H and O–H groups in total. The van der Waals surface area contributed by atoms with Crippen molar-refractivity contribution in [3.05, 3.63) is 29.3 Å². The summed E-state index contributed by atoms with van der Waals surface area (Å²) in [5, 5.41) is 5.43. The minimum absolute atomic E-state index is 0.120. The molecule has 0 aromatic heterocycles. The van der Waals surface area contributed by atoms with Gasteiger partial charge < -0.3 is 16.4 Å². The number of hydrogen-bond acceptors (Lipinski definition) is 3. The zero-order valence-corrected chi connectivity index (χ0v) is 10.9. The molecule has 0 spiro atoms. The molecule has 18 heavy (non-hydrogen) atoms. The normalized spacial score (nSPS) is 11.8. The number of anilines is 1. The highest BCUT2D eigenvalue weighted by atomic mass is 16.2. The number of carbonyl (C=O) groups is 2. The topological polar surface area (TPSA) is 84.2 Å². The second-order valence-electron chi connectivity index (χ2n) is 4.17. The Morgan fingerprint density at radius 2 is 2.06 bits per heavy atom. The van der Waals surface area contributed by atoms with Crippen molar-refractivity contribution < 1.29 is 9.59 Å². The van der Waals surface area contributed by atoms with E-state index in [0.717, 1.165) is 5.56 Å². The van der Waals surface area contributed by atoms with E-state index in [0.29, 0.717) is 17.8 Å². The van der Waals surface area contributed by atoms with E-state index in [9.17, 15) is 9.59 Å². The van der Waals surface area contributed by atoms with Crippen molar-refractivity contribution in [2.75, 3.05) is 11.9 Å². The van der Waals surface area contributed by atoms with Crippen molar-refractivity contribution in [2.45, 2.75) is 26.8 Å². The highest BCUT2D eigenvalue weighted by molar-refractivity contribution is 5.97. The first-order valence-electron chi connectivity index (χ1n) is 5.91. The van der Waals surface area contributed by atoms with Gasteiger partial charge in [0.15, 0.2) is 0 Å². The quantitative estimate of drug-likeness (QED) is 0.745. The molecule has 0 aliphatic heterocycles. The molecule has 0 aliphatic carbocycles. The van der Waals surface area contributed by atoms with Crippen LogP contribution in [0.15, 0.2) is 18.2 Å². The van der Waals surface area contributed by atoms with Crippen LogP contribution in [0.5, 0.6) is 0 Å². The lowest BCUT2D eigenvalue weighted by molar-refractivity contribution is -0.117. The van der Waals surface area contributed by atoms with Crippen LogP contribution in [-0.4, -0.2) is 24.4 Å². The molecule has 5 nitrogen and oxygen atoms in total. The molecule has 0 bridgehead atoms. The fourth-order valence-electron chi connectivity index (χ4n) is 1.45. The van der Waals surface area contributed by atoms with Crippen LogP contribution in [-0.2, 0) is 4.79 Å². The minimum atomic E-state index is -0.563. The van der Waals surface area contributed by atoms with E-state index in [1.165, 1.54) is 0 Å². The first-order valence-corrected chi connectivity index (χ1v) is 5.91. The first kappa shape index (κ1) is 14.2. The van der Waals surface area contributed by atoms with Gasteiger partial charge in [-0.25, -0.2) is 0 Å². The van der Waals surface area contributed by atoms with Crippen LogP contribution in [0, 0.1) is 6.92 Å². The van der Waals surface area contributed by atoms with Crippen LogP contribution in [0.1, 0.15) is 29.8 Å². The van der Waals surface area contributed by atoms with Crippen LogP contribution in [0.2, 0.25) is 0 Å². The largest absolute Gasteiger partial charge is 0.352 e. The van der Waals surface area contributed by atoms with Gasteiger partial charge in [-0.05, 0) is 44.5 Å². The van der Waals surface area contributed by atoms with Crippen molar-refractivity contribution in [1.82, 2.24) is 5.32 Å². The van der Waals surface area contributed by atoms with E-state index < -0.39 is 6.04 Å². The Hall–Kier alpha value is -1.88. The third kappa shape index (κ3) is 3.56. The van der Waals surface area contributed by atoms with Crippen LogP contribution < -0.4 is 16.4 Å². The van der Waals surface area contributed by atoms with Crippen LogP contribution >= 0.6 is 0 Å². The molecule has 0 heterocycles. The minimum Gasteiger partial charge on any atom is -0.352 e. The molecule has 1 rings (SSSR count). The second-order valence-corrected chi connectivity index (χ2v) is 4.17. The van der Waals surface area contributed by atoms with Gasteiger partial charge >= 0.3 is 0 Å². The zero-order valence-electron chi connectivity index (χ0n) is 10.9. The average molecular weight is 249 g/mol. The third-order valence-electron chi connectivity index (χ3n) is 2.50. The highest BCUT2D eigenvalue weighted by Gasteiger charge is 2.11. The van der Waals surface area contributed by atoms with Gasteiger partial charge in [-0.15, -0.1) is 0 Å². The summed E-state index contributed by atoms with van der Waals surface area (Å²) in [6.45, 7) is 5.90. The predicted molar refractivity (Wildman–Crippen MR) is 71.5 cm³/mol. The second kappa shape index (κ2) is 6.16. The molecule has 0 fully saturated rings. The molecule has 98 valence electrons. The van der Waals surface area contributed by atoms with Gasteiger partial charge in [0.2, 0.25) is 5.91 Å². The Bertz CT molecular complexity index is 456. The number of nitrogens with two attached hydrogens (primary N) is 1. The lowest BCUT2D eigenvalue weighted by atomic mass is 10.1. The standard InChI is InChI=1S/C13H19N3O2/c1-4-15-13(18)10-5-6-11(8(2)7-10)16-12(17)9(3)14/h5-7,9H,4,14H2,1-3H3,(H,15,18)(H,16,17)/t9-/m0/s1. The zero-order chi connectivity index (χ0) is 13.7. The van der Waals surface area contributed by atoms with Gasteiger partial charge in [0.1, 0.15) is 0 Å². The van der Waals surface area contributed by atoms with Crippen molar-refractivity contribution in [1.29, 1.82) is 0 Å². The summed E-state index contributed by atoms with van der Waals surface area (Å²) in [6, 6.07) is 4.56. The van der Waals surface area contributed by atoms with Crippen molar-refractivity contribution >= 4 is 17.5 Å². The highest BCUT2D eigenvalue weighted by Crippen LogP contribution is 2.16. The maximum atomic E-state index is 11.6. The summed E-state index contributed by atoms with van der Waals surface area (Å²) < 4.78 is 0. The molecule has 1 aromatic rings. The third-order valence-corrected chi connectivity index (χ3v) is 2.50. The number of amides is 2. The number of carbonyl (C=O) groups excluding carboxylic acids is 2. The molecule has 0 radical (unpaired) electrons. The van der Waals surface area contributed by atoms with Gasteiger partial charge in [-0.2, -0.15) is 0 Å². The van der Waals surface area contributed by atoms with Crippen molar-refractivity contribution in [3.63, 3.8) is 0 Å². The first-order chi connectivity index (χ1) is 8.45. The molecule has 5 heteroatoms. The summed E-state index contributed by atoms with van der Waals surface area (Å²) in [6.07, 6.45) is 0. The summed E-state index contributed by atoms with van der Waals surface area (Å²) in [4.78, 5) is 23.1. The van der Waals surface area contributed by atoms with E-state index in [2.05, 4.69) is 10.6 Å². The molecule has 1 atom stereocenters. The maximum Gasteiger partial charge on any atom is 0.251 e. The lowest BCUT2D eigenvalue weighted by Crippen LogP contribution is -2.32. The fourth-order valence-corrected chi connectivity index (χ4v) is 1.45. The predicted octanol–water partition coefficient (Wildman–Crippen LogP) is 1.03. The smallest absolute Gasteiger partial charge is 0.251 e. The number of hydrogen-bond donors (Lipinski definition) is 3. The number of nitrogens with one attached hydrogen (secondary N) is 2. The fraction of sp³-hybridized carbons (Fsp3) is 0.385. The summed E-state index contributed by atoms with van der Waals surface area (Å²) >= 11 is 0. The monoisotopic (exact) mass is 249 g/mol. The number of rotatable bonds is 4. The van der Waals surface area contributed by atoms with E-state index in [4.69, 9.17) is 5.73 Å². The van der Waals surface area contributed by atoms with Gasteiger partial charge in [0, 0.05) is 17.8 Å². The molecule has 1 aromatic carbocycles. The van der Waals surface area contributed by atoms with Gasteiger partial charge in [0.25, 0.3) is 5.91 Å². The molecular formula is C13H19N3O2. The van der Waals surface area contributed by atoms with E-state index >= 15 is 0 Å². The van der Waals surface area contributed by atoms with E-state index in [-0.39, 0.29) is 11.8 Å². The summed E-state index contributed by atoms with van der Waals surface area (Å²) in [7, 11) is 0. The molecule has 0 unspecified atom stereocenters. The SMILES string of the molecule is CCNC(=O)c1ccc(NC(=O)[C@H](C)N)c(C)c1. The molecule has 2 amide bonds. The number of aryl methyl sites for hydroxylation is 1. The van der Waals surface area contributed by atoms with Gasteiger partial charge in [-0.3, -0.25) is 9.59 Å². The van der Waals surface area contributed by atoms with Crippen molar-refractivity contribution in [2.24, 2.45) is 5.73 Å². The maximum absolute atomic E-state index is 11.6. The average Bonchev–Trinajstić information content (AvgIpc) is 2.31. The van der Waals surface area contributed by atoms with E-state index in [1.54, 1.807) is 25.1 Å². The Balaban J connectivity index is 2.86. The number of benzene rings is 1. The Kier molecular flexibility index (Phi) is 4.85.